The smallest absolute Gasteiger partial charge is 0.136 e. The Bertz CT molecular complexity index is 502. The highest BCUT2D eigenvalue weighted by Crippen LogP contribution is 2.04. The molecule has 3 heteroatoms. The molecular weight excluding hydrogens is 186 g/mol. The molecule has 0 radical (unpaired) electrons. The van der Waals surface area contributed by atoms with Gasteiger partial charge >= 0.3 is 0 Å². The topological polar surface area (TPSA) is 29.3 Å². The Balaban J connectivity index is 2.12. The summed E-state index contributed by atoms with van der Waals surface area (Å²) in [5.41, 5.74) is 2.18. The lowest BCUT2D eigenvalue weighted by atomic mass is 10.3. The van der Waals surface area contributed by atoms with Crippen molar-refractivity contribution < 1.29 is 0 Å². The maximum absolute atomic E-state index is 4.23. The van der Waals surface area contributed by atoms with Crippen LogP contribution in [0.1, 0.15) is 12.6 Å². The van der Waals surface area contributed by atoms with E-state index in [9.17, 15) is 0 Å². The van der Waals surface area contributed by atoms with Crippen LogP contribution in [-0.4, -0.2) is 15.9 Å². The Morgan fingerprint density at radius 2 is 2.40 bits per heavy atom. The van der Waals surface area contributed by atoms with Crippen LogP contribution in [0, 0.1) is 11.8 Å². The summed E-state index contributed by atoms with van der Waals surface area (Å²) in [5, 5.41) is 3.26. The summed E-state index contributed by atoms with van der Waals surface area (Å²) < 4.78 is 2.08. The van der Waals surface area contributed by atoms with Gasteiger partial charge in [0.2, 0.25) is 0 Å². The van der Waals surface area contributed by atoms with Crippen molar-refractivity contribution in [1.82, 2.24) is 14.7 Å². The van der Waals surface area contributed by atoms with Crippen molar-refractivity contribution >= 4 is 5.65 Å². The molecule has 0 saturated heterocycles. The standard InChI is InChI=1S/C12H13N3/c1-2-3-7-13-10-11-5-4-6-12-14-8-9-15(11)12/h4-6,8-9,13H,7,10H2,1H3. The maximum atomic E-state index is 4.23. The summed E-state index contributed by atoms with van der Waals surface area (Å²) in [6.07, 6.45) is 3.78. The summed E-state index contributed by atoms with van der Waals surface area (Å²) in [6, 6.07) is 6.10. The highest BCUT2D eigenvalue weighted by Gasteiger charge is 1.98. The number of nitrogens with one attached hydrogen (secondary N) is 1. The normalized spacial score (nSPS) is 9.93. The van der Waals surface area contributed by atoms with E-state index >= 15 is 0 Å². The van der Waals surface area contributed by atoms with Crippen LogP contribution in [0.5, 0.6) is 0 Å². The molecule has 0 unspecified atom stereocenters. The number of imidazole rings is 1. The number of hydrogen-bond donors (Lipinski definition) is 1. The Labute approximate surface area is 89.1 Å². The quantitative estimate of drug-likeness (QED) is 0.599. The van der Waals surface area contributed by atoms with Gasteiger partial charge in [-0.15, -0.1) is 5.92 Å². The second-order valence-electron chi connectivity index (χ2n) is 3.20. The van der Waals surface area contributed by atoms with Crippen LogP contribution in [0.15, 0.2) is 30.6 Å². The summed E-state index contributed by atoms with van der Waals surface area (Å²) in [5.74, 6) is 5.83. The minimum absolute atomic E-state index is 0.724. The van der Waals surface area contributed by atoms with Crippen molar-refractivity contribution in [3.63, 3.8) is 0 Å². The third-order valence-corrected chi connectivity index (χ3v) is 2.21. The lowest BCUT2D eigenvalue weighted by Gasteiger charge is -2.04. The van der Waals surface area contributed by atoms with Crippen molar-refractivity contribution in [3.8, 4) is 11.8 Å². The van der Waals surface area contributed by atoms with Crippen LogP contribution < -0.4 is 5.32 Å². The summed E-state index contributed by atoms with van der Waals surface area (Å²) in [7, 11) is 0. The third-order valence-electron chi connectivity index (χ3n) is 2.21. The van der Waals surface area contributed by atoms with Crippen LogP contribution in [0.2, 0.25) is 0 Å². The SMILES string of the molecule is CC#CCNCc1cccc2nccn12. The van der Waals surface area contributed by atoms with Gasteiger partial charge in [0.15, 0.2) is 0 Å². The maximum Gasteiger partial charge on any atom is 0.136 e. The van der Waals surface area contributed by atoms with Crippen LogP contribution in [0.25, 0.3) is 5.65 Å². The monoisotopic (exact) mass is 199 g/mol. The minimum Gasteiger partial charge on any atom is -0.303 e. The van der Waals surface area contributed by atoms with Gasteiger partial charge in [0, 0.05) is 24.6 Å². The number of nitrogens with zero attached hydrogens (tertiary/aromatic N) is 2. The average Bonchev–Trinajstić information content (AvgIpc) is 2.73. The molecule has 0 fully saturated rings. The first-order valence-electron chi connectivity index (χ1n) is 4.93. The Morgan fingerprint density at radius 3 is 3.27 bits per heavy atom. The van der Waals surface area contributed by atoms with E-state index in [1.165, 1.54) is 5.69 Å². The van der Waals surface area contributed by atoms with E-state index in [0.29, 0.717) is 0 Å². The number of aromatic nitrogens is 2. The van der Waals surface area contributed by atoms with Crippen molar-refractivity contribution in [1.29, 1.82) is 0 Å². The fourth-order valence-electron chi connectivity index (χ4n) is 1.49. The molecule has 0 aliphatic heterocycles. The first-order chi connectivity index (χ1) is 7.42. The van der Waals surface area contributed by atoms with Gasteiger partial charge in [-0.1, -0.05) is 12.0 Å². The van der Waals surface area contributed by atoms with Crippen molar-refractivity contribution in [2.75, 3.05) is 6.54 Å². The van der Waals surface area contributed by atoms with E-state index in [4.69, 9.17) is 0 Å². The van der Waals surface area contributed by atoms with Gasteiger partial charge in [0.25, 0.3) is 0 Å². The first kappa shape index (κ1) is 9.75. The lowest BCUT2D eigenvalue weighted by Crippen LogP contribution is -2.15. The summed E-state index contributed by atoms with van der Waals surface area (Å²) in [4.78, 5) is 4.23. The molecule has 0 aliphatic carbocycles. The van der Waals surface area contributed by atoms with Crippen molar-refractivity contribution in [3.05, 3.63) is 36.3 Å². The van der Waals surface area contributed by atoms with Gasteiger partial charge in [-0.25, -0.2) is 4.98 Å². The third kappa shape index (κ3) is 2.17. The van der Waals surface area contributed by atoms with Crippen LogP contribution >= 0.6 is 0 Å². The number of pyridine rings is 1. The van der Waals surface area contributed by atoms with E-state index in [-0.39, 0.29) is 0 Å². The van der Waals surface area contributed by atoms with Crippen molar-refractivity contribution in [2.24, 2.45) is 0 Å². The fourth-order valence-corrected chi connectivity index (χ4v) is 1.49. The highest BCUT2D eigenvalue weighted by molar-refractivity contribution is 5.39. The van der Waals surface area contributed by atoms with E-state index in [0.717, 1.165) is 18.7 Å². The molecule has 76 valence electrons. The first-order valence-corrected chi connectivity index (χ1v) is 4.93. The fraction of sp³-hybridized carbons (Fsp3) is 0.250. The van der Waals surface area contributed by atoms with Crippen LogP contribution in [0.3, 0.4) is 0 Å². The van der Waals surface area contributed by atoms with Crippen LogP contribution in [-0.2, 0) is 6.54 Å². The molecule has 2 rings (SSSR count). The molecular formula is C12H13N3. The van der Waals surface area contributed by atoms with Gasteiger partial charge in [-0.3, -0.25) is 0 Å². The molecule has 0 amide bonds. The molecule has 0 saturated carbocycles. The van der Waals surface area contributed by atoms with Gasteiger partial charge in [0.1, 0.15) is 5.65 Å². The molecule has 3 nitrogen and oxygen atoms in total. The van der Waals surface area contributed by atoms with Crippen molar-refractivity contribution in [2.45, 2.75) is 13.5 Å². The number of fused-ring (bicyclic) bond motifs is 1. The molecule has 2 heterocycles. The molecule has 1 N–H and O–H groups in total. The number of hydrogen-bond acceptors (Lipinski definition) is 2. The Morgan fingerprint density at radius 1 is 1.47 bits per heavy atom. The Hall–Kier alpha value is -1.79. The van der Waals surface area contributed by atoms with E-state index in [2.05, 4.69) is 32.6 Å². The second kappa shape index (κ2) is 4.63. The number of rotatable bonds is 3. The minimum atomic E-state index is 0.724. The highest BCUT2D eigenvalue weighted by atomic mass is 15.0. The zero-order chi connectivity index (χ0) is 10.5. The average molecular weight is 199 g/mol. The summed E-state index contributed by atoms with van der Waals surface area (Å²) in [6.45, 7) is 3.38. The second-order valence-corrected chi connectivity index (χ2v) is 3.20. The summed E-state index contributed by atoms with van der Waals surface area (Å²) >= 11 is 0. The van der Waals surface area contributed by atoms with E-state index in [1.807, 2.05) is 31.5 Å². The predicted molar refractivity (Wildman–Crippen MR) is 60.3 cm³/mol. The van der Waals surface area contributed by atoms with Gasteiger partial charge in [-0.05, 0) is 19.1 Å². The van der Waals surface area contributed by atoms with E-state index < -0.39 is 0 Å². The molecule has 15 heavy (non-hydrogen) atoms. The molecule has 0 bridgehead atoms. The Kier molecular flexibility index (Phi) is 3.01. The predicted octanol–water partition coefficient (Wildman–Crippen LogP) is 1.45. The molecule has 0 spiro atoms. The molecule has 0 aliphatic rings. The van der Waals surface area contributed by atoms with Gasteiger partial charge in [-0.2, -0.15) is 0 Å². The van der Waals surface area contributed by atoms with Gasteiger partial charge < -0.3 is 9.72 Å². The van der Waals surface area contributed by atoms with Crippen LogP contribution in [0.4, 0.5) is 0 Å². The molecule has 2 aromatic heterocycles. The van der Waals surface area contributed by atoms with E-state index in [1.54, 1.807) is 0 Å². The lowest BCUT2D eigenvalue weighted by molar-refractivity contribution is 0.739. The largest absolute Gasteiger partial charge is 0.303 e. The molecule has 0 atom stereocenters. The molecule has 2 aromatic rings. The zero-order valence-corrected chi connectivity index (χ0v) is 8.70. The van der Waals surface area contributed by atoms with Gasteiger partial charge in [0.05, 0.1) is 6.54 Å². The molecule has 0 aromatic carbocycles. The zero-order valence-electron chi connectivity index (χ0n) is 8.70.